The zero-order chi connectivity index (χ0) is 15.4. The average molecular weight is 308 g/mol. The number of hydrogen-bond donors (Lipinski definition) is 2. The molecule has 0 radical (unpaired) electrons. The summed E-state index contributed by atoms with van der Waals surface area (Å²) < 4.78 is 0. The van der Waals surface area contributed by atoms with E-state index in [1.165, 1.54) is 19.3 Å². The van der Waals surface area contributed by atoms with Crippen molar-refractivity contribution >= 4 is 5.91 Å². The number of amides is 1. The van der Waals surface area contributed by atoms with E-state index >= 15 is 0 Å². The van der Waals surface area contributed by atoms with Crippen molar-refractivity contribution < 1.29 is 4.79 Å². The Kier molecular flexibility index (Phi) is 5.71. The molecule has 2 N–H and O–H groups in total. The van der Waals surface area contributed by atoms with Crippen molar-refractivity contribution in [2.45, 2.75) is 51.1 Å². The Labute approximate surface area is 134 Å². The minimum Gasteiger partial charge on any atom is -0.352 e. The standard InChI is InChI=1S/C17H32N4O/c1-14-2-4-15(5-3-14)19-17(22)13-20-8-10-21(11-9-20)16-6-7-18-12-16/h14-16,18H,2-13H2,1H3,(H,19,22). The third kappa shape index (κ3) is 4.43. The fourth-order valence-electron chi connectivity index (χ4n) is 4.12. The van der Waals surface area contributed by atoms with Crippen LogP contribution in [0.1, 0.15) is 39.0 Å². The second kappa shape index (κ2) is 7.75. The van der Waals surface area contributed by atoms with Gasteiger partial charge in [-0.3, -0.25) is 14.6 Å². The lowest BCUT2D eigenvalue weighted by atomic mass is 9.87. The summed E-state index contributed by atoms with van der Waals surface area (Å²) in [4.78, 5) is 17.1. The zero-order valence-electron chi connectivity index (χ0n) is 14.0. The second-order valence-electron chi connectivity index (χ2n) is 7.48. The molecule has 1 unspecified atom stereocenters. The van der Waals surface area contributed by atoms with Crippen molar-refractivity contribution in [2.75, 3.05) is 45.8 Å². The number of rotatable bonds is 4. The van der Waals surface area contributed by atoms with Gasteiger partial charge in [0.05, 0.1) is 6.54 Å². The van der Waals surface area contributed by atoms with Crippen LogP contribution in [-0.2, 0) is 4.79 Å². The monoisotopic (exact) mass is 308 g/mol. The van der Waals surface area contributed by atoms with Crippen molar-refractivity contribution in [2.24, 2.45) is 5.92 Å². The van der Waals surface area contributed by atoms with E-state index in [9.17, 15) is 4.79 Å². The number of piperazine rings is 1. The van der Waals surface area contributed by atoms with Gasteiger partial charge in [0.1, 0.15) is 0 Å². The zero-order valence-corrected chi connectivity index (χ0v) is 14.0. The molecule has 1 saturated carbocycles. The molecule has 5 nitrogen and oxygen atoms in total. The molecule has 126 valence electrons. The normalized spacial score (nSPS) is 34.7. The average Bonchev–Trinajstić information content (AvgIpc) is 3.05. The number of hydrogen-bond acceptors (Lipinski definition) is 4. The summed E-state index contributed by atoms with van der Waals surface area (Å²) in [5, 5.41) is 6.69. The summed E-state index contributed by atoms with van der Waals surface area (Å²) >= 11 is 0. The van der Waals surface area contributed by atoms with Gasteiger partial charge in [-0.25, -0.2) is 0 Å². The van der Waals surface area contributed by atoms with Crippen LogP contribution in [0.25, 0.3) is 0 Å². The molecule has 1 amide bonds. The first-order valence-corrected chi connectivity index (χ1v) is 9.17. The lowest BCUT2D eigenvalue weighted by molar-refractivity contribution is -0.123. The Morgan fingerprint density at radius 3 is 2.45 bits per heavy atom. The maximum Gasteiger partial charge on any atom is 0.234 e. The molecule has 0 aromatic carbocycles. The van der Waals surface area contributed by atoms with Crippen LogP contribution < -0.4 is 10.6 Å². The van der Waals surface area contributed by atoms with Gasteiger partial charge in [-0.1, -0.05) is 6.92 Å². The Hall–Kier alpha value is -0.650. The summed E-state index contributed by atoms with van der Waals surface area (Å²) in [6, 6.07) is 1.15. The van der Waals surface area contributed by atoms with Crippen LogP contribution in [0.4, 0.5) is 0 Å². The first kappa shape index (κ1) is 16.2. The number of carbonyl (C=O) groups is 1. The van der Waals surface area contributed by atoms with Crippen LogP contribution in [0.3, 0.4) is 0 Å². The third-order valence-electron chi connectivity index (χ3n) is 5.71. The quantitative estimate of drug-likeness (QED) is 0.801. The molecule has 0 aromatic heterocycles. The van der Waals surface area contributed by atoms with Gasteiger partial charge in [0.25, 0.3) is 0 Å². The van der Waals surface area contributed by atoms with Gasteiger partial charge in [-0.15, -0.1) is 0 Å². The van der Waals surface area contributed by atoms with Crippen molar-refractivity contribution in [3.63, 3.8) is 0 Å². The van der Waals surface area contributed by atoms with Gasteiger partial charge in [0.2, 0.25) is 5.91 Å². The van der Waals surface area contributed by atoms with E-state index in [0.29, 0.717) is 12.6 Å². The van der Waals surface area contributed by atoms with E-state index in [1.807, 2.05) is 0 Å². The Morgan fingerprint density at radius 2 is 1.82 bits per heavy atom. The molecule has 0 bridgehead atoms. The van der Waals surface area contributed by atoms with E-state index in [4.69, 9.17) is 0 Å². The molecular formula is C17H32N4O. The SMILES string of the molecule is CC1CCC(NC(=O)CN2CCN(C3CCNC3)CC2)CC1. The predicted molar refractivity (Wildman–Crippen MR) is 88.9 cm³/mol. The minimum absolute atomic E-state index is 0.232. The van der Waals surface area contributed by atoms with Crippen molar-refractivity contribution in [1.82, 2.24) is 20.4 Å². The molecule has 3 fully saturated rings. The highest BCUT2D eigenvalue weighted by atomic mass is 16.2. The topological polar surface area (TPSA) is 47.6 Å². The Bertz CT molecular complexity index is 354. The van der Waals surface area contributed by atoms with Gasteiger partial charge in [0, 0.05) is 44.8 Å². The lowest BCUT2D eigenvalue weighted by Gasteiger charge is -2.37. The summed E-state index contributed by atoms with van der Waals surface area (Å²) in [5.41, 5.74) is 0. The fraction of sp³-hybridized carbons (Fsp3) is 0.941. The van der Waals surface area contributed by atoms with Crippen LogP contribution in [0.5, 0.6) is 0 Å². The molecule has 2 aliphatic heterocycles. The maximum absolute atomic E-state index is 12.2. The highest BCUT2D eigenvalue weighted by molar-refractivity contribution is 5.78. The molecule has 22 heavy (non-hydrogen) atoms. The highest BCUT2D eigenvalue weighted by Gasteiger charge is 2.27. The second-order valence-corrected chi connectivity index (χ2v) is 7.48. The number of nitrogens with one attached hydrogen (secondary N) is 2. The molecule has 2 heterocycles. The fourth-order valence-corrected chi connectivity index (χ4v) is 4.12. The predicted octanol–water partition coefficient (Wildman–Crippen LogP) is 0.661. The van der Waals surface area contributed by atoms with Gasteiger partial charge < -0.3 is 10.6 Å². The van der Waals surface area contributed by atoms with Crippen molar-refractivity contribution in [3.8, 4) is 0 Å². The van der Waals surface area contributed by atoms with Gasteiger partial charge in [-0.2, -0.15) is 0 Å². The summed E-state index contributed by atoms with van der Waals surface area (Å²) in [7, 11) is 0. The van der Waals surface area contributed by atoms with Crippen LogP contribution in [0.15, 0.2) is 0 Å². The van der Waals surface area contributed by atoms with Gasteiger partial charge >= 0.3 is 0 Å². The molecule has 2 saturated heterocycles. The smallest absolute Gasteiger partial charge is 0.234 e. The first-order chi connectivity index (χ1) is 10.7. The van der Waals surface area contributed by atoms with E-state index in [-0.39, 0.29) is 5.91 Å². The number of carbonyl (C=O) groups excluding carboxylic acids is 1. The van der Waals surface area contributed by atoms with Gasteiger partial charge in [0.15, 0.2) is 0 Å². The molecule has 0 aromatic rings. The van der Waals surface area contributed by atoms with Crippen LogP contribution in [-0.4, -0.2) is 73.6 Å². The molecule has 0 spiro atoms. The Morgan fingerprint density at radius 1 is 1.09 bits per heavy atom. The van der Waals surface area contributed by atoms with Crippen molar-refractivity contribution in [3.05, 3.63) is 0 Å². The molecular weight excluding hydrogens is 276 g/mol. The van der Waals surface area contributed by atoms with Crippen LogP contribution in [0.2, 0.25) is 0 Å². The number of nitrogens with zero attached hydrogens (tertiary/aromatic N) is 2. The van der Waals surface area contributed by atoms with Gasteiger partial charge in [-0.05, 0) is 44.6 Å². The maximum atomic E-state index is 12.2. The van der Waals surface area contributed by atoms with E-state index in [0.717, 1.165) is 64.1 Å². The Balaban J connectivity index is 1.34. The van der Waals surface area contributed by atoms with E-state index in [2.05, 4.69) is 27.4 Å². The van der Waals surface area contributed by atoms with Crippen molar-refractivity contribution in [1.29, 1.82) is 0 Å². The van der Waals surface area contributed by atoms with E-state index in [1.54, 1.807) is 0 Å². The largest absolute Gasteiger partial charge is 0.352 e. The molecule has 3 rings (SSSR count). The highest BCUT2D eigenvalue weighted by Crippen LogP contribution is 2.23. The summed E-state index contributed by atoms with van der Waals surface area (Å²) in [6.07, 6.45) is 6.13. The van der Waals surface area contributed by atoms with Crippen LogP contribution >= 0.6 is 0 Å². The molecule has 5 heteroatoms. The lowest BCUT2D eigenvalue weighted by Crippen LogP contribution is -2.53. The molecule has 3 aliphatic rings. The third-order valence-corrected chi connectivity index (χ3v) is 5.71. The minimum atomic E-state index is 0.232. The first-order valence-electron chi connectivity index (χ1n) is 9.17. The summed E-state index contributed by atoms with van der Waals surface area (Å²) in [5.74, 6) is 1.07. The van der Waals surface area contributed by atoms with Crippen LogP contribution in [0, 0.1) is 5.92 Å². The van der Waals surface area contributed by atoms with E-state index < -0.39 is 0 Å². The molecule has 1 atom stereocenters. The summed E-state index contributed by atoms with van der Waals surface area (Å²) in [6.45, 7) is 9.49. The molecule has 1 aliphatic carbocycles.